The molecule has 0 spiro atoms. The lowest BCUT2D eigenvalue weighted by molar-refractivity contribution is 0.00578. The molecule has 10 rings (SSSR count). The van der Waals surface area contributed by atoms with E-state index in [1.807, 2.05) is 17.4 Å². The molecule has 0 bridgehead atoms. The van der Waals surface area contributed by atoms with E-state index < -0.39 is 18.3 Å². The molecule has 2 aromatic heterocycles. The Labute approximate surface area is 319 Å². The minimum atomic E-state index is -0.454. The number of rotatable bonds is 6. The summed E-state index contributed by atoms with van der Waals surface area (Å²) >= 11 is 1.84. The molecular weight excluding hydrogens is 681 g/mol. The fourth-order valence-electron chi connectivity index (χ4n) is 7.78. The van der Waals surface area contributed by atoms with Crippen molar-refractivity contribution in [2.24, 2.45) is 0 Å². The number of furan rings is 1. The standard InChI is InChI=1S/C48H38BNO3S/c1-47(2)48(3,4)53-49(52-47)33-19-15-18-32(26-33)40-28-36(30-42-38-23-12-14-25-44(38)54-46(40)42)50(34-20-9-6-10-21-34)35-27-39(31-16-7-5-8-17-31)45-41(29-35)37-22-11-13-24-43(37)51-45/h5-30H,1-4H3. The molecular formula is C48H38BNO3S. The largest absolute Gasteiger partial charge is 0.494 e. The highest BCUT2D eigenvalue weighted by Crippen LogP contribution is 2.48. The lowest BCUT2D eigenvalue weighted by Crippen LogP contribution is -2.41. The normalized spacial score (nSPS) is 15.1. The zero-order chi connectivity index (χ0) is 36.6. The fourth-order valence-corrected chi connectivity index (χ4v) is 9.00. The Kier molecular flexibility index (Phi) is 7.60. The van der Waals surface area contributed by atoms with Crippen molar-refractivity contribution >= 4 is 83.1 Å². The van der Waals surface area contributed by atoms with Gasteiger partial charge in [-0.3, -0.25) is 0 Å². The number of anilines is 3. The fraction of sp³-hybridized carbons (Fsp3) is 0.125. The maximum absolute atomic E-state index is 6.60. The summed E-state index contributed by atoms with van der Waals surface area (Å²) in [6.45, 7) is 8.41. The average molecular weight is 720 g/mol. The van der Waals surface area contributed by atoms with Crippen molar-refractivity contribution in [2.45, 2.75) is 38.9 Å². The first-order chi connectivity index (χ1) is 26.2. The van der Waals surface area contributed by atoms with Gasteiger partial charge in [0.15, 0.2) is 0 Å². The Morgan fingerprint density at radius 1 is 0.500 bits per heavy atom. The molecule has 0 radical (unpaired) electrons. The summed E-state index contributed by atoms with van der Waals surface area (Å²) in [4.78, 5) is 2.39. The average Bonchev–Trinajstić information content (AvgIpc) is 3.83. The summed E-state index contributed by atoms with van der Waals surface area (Å²) in [5.74, 6) is 0. The van der Waals surface area contributed by atoms with Crippen LogP contribution in [-0.2, 0) is 9.31 Å². The predicted molar refractivity (Wildman–Crippen MR) is 228 cm³/mol. The van der Waals surface area contributed by atoms with Gasteiger partial charge in [0.2, 0.25) is 0 Å². The molecule has 1 saturated heterocycles. The van der Waals surface area contributed by atoms with Crippen LogP contribution in [0.4, 0.5) is 17.1 Å². The quantitative estimate of drug-likeness (QED) is 0.160. The number of para-hydroxylation sites is 2. The van der Waals surface area contributed by atoms with E-state index in [0.717, 1.165) is 61.2 Å². The van der Waals surface area contributed by atoms with Crippen LogP contribution in [0.25, 0.3) is 64.4 Å². The summed E-state index contributed by atoms with van der Waals surface area (Å²) in [6, 6.07) is 56.3. The maximum Gasteiger partial charge on any atom is 0.494 e. The molecule has 0 N–H and O–H groups in total. The molecule has 1 fully saturated rings. The molecule has 1 aliphatic rings. The van der Waals surface area contributed by atoms with E-state index in [4.69, 9.17) is 13.7 Å². The Morgan fingerprint density at radius 3 is 1.87 bits per heavy atom. The molecule has 1 aliphatic heterocycles. The molecule has 0 unspecified atom stereocenters. The summed E-state index contributed by atoms with van der Waals surface area (Å²) in [7, 11) is -0.454. The van der Waals surface area contributed by atoms with Gasteiger partial charge in [-0.2, -0.15) is 0 Å². The molecule has 0 saturated carbocycles. The first-order valence-electron chi connectivity index (χ1n) is 18.5. The number of benzene rings is 7. The van der Waals surface area contributed by atoms with Crippen LogP contribution in [0.5, 0.6) is 0 Å². The van der Waals surface area contributed by atoms with Crippen molar-refractivity contribution < 1.29 is 13.7 Å². The molecule has 262 valence electrons. The molecule has 0 atom stereocenters. The van der Waals surface area contributed by atoms with Gasteiger partial charge >= 0.3 is 7.12 Å². The van der Waals surface area contributed by atoms with Crippen LogP contribution in [0.1, 0.15) is 27.7 Å². The van der Waals surface area contributed by atoms with Crippen molar-refractivity contribution in [3.63, 3.8) is 0 Å². The van der Waals surface area contributed by atoms with E-state index in [0.29, 0.717) is 0 Å². The highest BCUT2D eigenvalue weighted by Gasteiger charge is 2.51. The summed E-state index contributed by atoms with van der Waals surface area (Å²) in [5.41, 5.74) is 9.56. The number of hydrogen-bond donors (Lipinski definition) is 0. The predicted octanol–water partition coefficient (Wildman–Crippen LogP) is 13.1. The van der Waals surface area contributed by atoms with Crippen molar-refractivity contribution in [2.75, 3.05) is 4.90 Å². The topological polar surface area (TPSA) is 34.8 Å². The van der Waals surface area contributed by atoms with Gasteiger partial charge in [-0.15, -0.1) is 11.3 Å². The summed E-state index contributed by atoms with van der Waals surface area (Å²) < 4.78 is 22.2. The summed E-state index contributed by atoms with van der Waals surface area (Å²) in [5, 5.41) is 4.65. The van der Waals surface area contributed by atoms with Crippen molar-refractivity contribution in [3.05, 3.63) is 158 Å². The third-order valence-electron chi connectivity index (χ3n) is 11.3. The SMILES string of the molecule is CC1(C)OB(c2cccc(-c3cc(N(c4ccccc4)c4cc(-c5ccccc5)c5oc6ccccc6c5c4)cc4c3sc3ccccc34)c2)OC1(C)C. The third-order valence-corrected chi connectivity index (χ3v) is 12.5. The van der Waals surface area contributed by atoms with Gasteiger partial charge in [0.05, 0.1) is 11.2 Å². The molecule has 4 nitrogen and oxygen atoms in total. The third kappa shape index (κ3) is 5.36. The Bertz CT molecular complexity index is 2840. The highest BCUT2D eigenvalue weighted by molar-refractivity contribution is 7.26. The maximum atomic E-state index is 6.60. The molecule has 3 heterocycles. The minimum absolute atomic E-state index is 0.428. The van der Waals surface area contributed by atoms with Gasteiger partial charge < -0.3 is 18.6 Å². The van der Waals surface area contributed by atoms with Gasteiger partial charge in [-0.25, -0.2) is 0 Å². The van der Waals surface area contributed by atoms with Gasteiger partial charge in [0.25, 0.3) is 0 Å². The van der Waals surface area contributed by atoms with Crippen molar-refractivity contribution in [1.82, 2.24) is 0 Å². The molecule has 0 amide bonds. The number of hydrogen-bond acceptors (Lipinski definition) is 5. The summed E-state index contributed by atoms with van der Waals surface area (Å²) in [6.07, 6.45) is 0. The smallest absolute Gasteiger partial charge is 0.455 e. The lowest BCUT2D eigenvalue weighted by atomic mass is 9.78. The van der Waals surface area contributed by atoms with Crippen LogP contribution in [0, 0.1) is 0 Å². The second kappa shape index (κ2) is 12.5. The van der Waals surface area contributed by atoms with E-state index in [2.05, 4.69) is 184 Å². The van der Waals surface area contributed by atoms with Gasteiger partial charge in [0, 0.05) is 59.1 Å². The lowest BCUT2D eigenvalue weighted by Gasteiger charge is -2.32. The number of thiophene rings is 1. The Hall–Kier alpha value is -5.66. The second-order valence-corrected chi connectivity index (χ2v) is 16.2. The van der Waals surface area contributed by atoms with Crippen molar-refractivity contribution in [3.8, 4) is 22.3 Å². The Balaban J connectivity index is 1.23. The first kappa shape index (κ1) is 33.0. The van der Waals surface area contributed by atoms with Crippen LogP contribution < -0.4 is 10.4 Å². The molecule has 6 heteroatoms. The first-order valence-corrected chi connectivity index (χ1v) is 19.3. The Morgan fingerprint density at radius 2 is 1.11 bits per heavy atom. The molecule has 0 aliphatic carbocycles. The molecule has 9 aromatic rings. The van der Waals surface area contributed by atoms with E-state index in [1.165, 1.54) is 25.7 Å². The minimum Gasteiger partial charge on any atom is -0.455 e. The number of nitrogens with zero attached hydrogens (tertiary/aromatic N) is 1. The number of fused-ring (bicyclic) bond motifs is 6. The van der Waals surface area contributed by atoms with Gasteiger partial charge in [-0.05, 0) is 92.8 Å². The van der Waals surface area contributed by atoms with E-state index in [9.17, 15) is 0 Å². The van der Waals surface area contributed by atoms with Crippen LogP contribution in [0.3, 0.4) is 0 Å². The van der Waals surface area contributed by atoms with E-state index >= 15 is 0 Å². The van der Waals surface area contributed by atoms with Crippen LogP contribution >= 0.6 is 11.3 Å². The van der Waals surface area contributed by atoms with Gasteiger partial charge in [0.1, 0.15) is 11.2 Å². The molecule has 7 aromatic carbocycles. The zero-order valence-corrected chi connectivity index (χ0v) is 31.5. The zero-order valence-electron chi connectivity index (χ0n) is 30.7. The van der Waals surface area contributed by atoms with E-state index in [1.54, 1.807) is 0 Å². The van der Waals surface area contributed by atoms with Crippen LogP contribution in [0.2, 0.25) is 0 Å². The highest BCUT2D eigenvalue weighted by atomic mass is 32.1. The van der Waals surface area contributed by atoms with Crippen LogP contribution in [-0.4, -0.2) is 18.3 Å². The van der Waals surface area contributed by atoms with Gasteiger partial charge in [-0.1, -0.05) is 109 Å². The second-order valence-electron chi connectivity index (χ2n) is 15.2. The van der Waals surface area contributed by atoms with E-state index in [-0.39, 0.29) is 0 Å². The monoisotopic (exact) mass is 719 g/mol. The molecule has 54 heavy (non-hydrogen) atoms. The van der Waals surface area contributed by atoms with Crippen molar-refractivity contribution in [1.29, 1.82) is 0 Å². The van der Waals surface area contributed by atoms with Crippen LogP contribution in [0.15, 0.2) is 162 Å².